The van der Waals surface area contributed by atoms with Gasteiger partial charge in [-0.05, 0) is 80.5 Å². The molecule has 4 aliphatic carbocycles. The quantitative estimate of drug-likeness (QED) is 0.490. The van der Waals surface area contributed by atoms with Gasteiger partial charge in [0.1, 0.15) is 6.10 Å². The first kappa shape index (κ1) is 16.0. The van der Waals surface area contributed by atoms with Crippen molar-refractivity contribution in [1.29, 1.82) is 0 Å². The predicted molar refractivity (Wildman–Crippen MR) is 97.8 cm³/mol. The molecule has 0 N–H and O–H groups in total. The van der Waals surface area contributed by atoms with Crippen LogP contribution in [0.1, 0.15) is 72.1 Å². The van der Waals surface area contributed by atoms with E-state index < -0.39 is 0 Å². The van der Waals surface area contributed by atoms with Gasteiger partial charge < -0.3 is 4.74 Å². The number of hydrogen-bond donors (Lipinski definition) is 0. The second-order valence-electron chi connectivity index (χ2n) is 9.96. The summed E-state index contributed by atoms with van der Waals surface area (Å²) in [5.74, 6) is 3.54. The van der Waals surface area contributed by atoms with Crippen LogP contribution >= 0.6 is 11.8 Å². The van der Waals surface area contributed by atoms with E-state index in [0.29, 0.717) is 5.41 Å². The van der Waals surface area contributed by atoms with Gasteiger partial charge in [0.15, 0.2) is 0 Å². The summed E-state index contributed by atoms with van der Waals surface area (Å²) in [6, 6.07) is 0. The summed E-state index contributed by atoms with van der Waals surface area (Å²) in [7, 11) is 0. The third-order valence-electron chi connectivity index (χ3n) is 9.15. The van der Waals surface area contributed by atoms with Crippen molar-refractivity contribution in [2.75, 3.05) is 0 Å². The van der Waals surface area contributed by atoms with E-state index in [0.717, 1.165) is 40.6 Å². The molecule has 0 aromatic rings. The third-order valence-corrected chi connectivity index (χ3v) is 10.7. The summed E-state index contributed by atoms with van der Waals surface area (Å²) in [5.41, 5.74) is 0.857. The zero-order valence-corrected chi connectivity index (χ0v) is 16.2. The average molecular weight is 349 g/mol. The Kier molecular flexibility index (Phi) is 3.46. The molecule has 4 saturated carbocycles. The molecule has 0 amide bonds. The van der Waals surface area contributed by atoms with Crippen LogP contribution in [0, 0.1) is 34.5 Å². The summed E-state index contributed by atoms with van der Waals surface area (Å²) >= 11 is 2.29. The summed E-state index contributed by atoms with van der Waals surface area (Å²) in [6.07, 6.45) is 11.1. The topological polar surface area (TPSA) is 26.3 Å². The van der Waals surface area contributed by atoms with Crippen LogP contribution in [-0.2, 0) is 9.53 Å². The van der Waals surface area contributed by atoms with Gasteiger partial charge in [-0.25, -0.2) is 0 Å². The zero-order valence-electron chi connectivity index (χ0n) is 15.4. The van der Waals surface area contributed by atoms with Crippen molar-refractivity contribution < 1.29 is 9.53 Å². The predicted octanol–water partition coefficient (Wildman–Crippen LogP) is 5.05. The number of esters is 1. The van der Waals surface area contributed by atoms with Gasteiger partial charge in [0.2, 0.25) is 0 Å². The molecule has 3 heteroatoms. The van der Waals surface area contributed by atoms with Crippen LogP contribution in [-0.4, -0.2) is 22.6 Å². The van der Waals surface area contributed by atoms with Crippen LogP contribution in [0.5, 0.6) is 0 Å². The smallest absolute Gasteiger partial charge is 0.302 e. The maximum absolute atomic E-state index is 11.6. The first-order valence-electron chi connectivity index (χ1n) is 10.3. The van der Waals surface area contributed by atoms with Gasteiger partial charge >= 0.3 is 5.97 Å². The summed E-state index contributed by atoms with van der Waals surface area (Å²) in [5, 5.41) is 2.03. The minimum absolute atomic E-state index is 0.0799. The van der Waals surface area contributed by atoms with E-state index in [1.54, 1.807) is 6.92 Å². The molecule has 1 aliphatic heterocycles. The fourth-order valence-corrected chi connectivity index (χ4v) is 9.47. The highest BCUT2D eigenvalue weighted by atomic mass is 32.2. The van der Waals surface area contributed by atoms with Gasteiger partial charge in [-0.1, -0.05) is 13.8 Å². The van der Waals surface area contributed by atoms with E-state index in [4.69, 9.17) is 4.74 Å². The van der Waals surface area contributed by atoms with E-state index in [1.807, 2.05) is 0 Å². The highest BCUT2D eigenvalue weighted by molar-refractivity contribution is 8.07. The molecule has 0 spiro atoms. The standard InChI is InChI=1S/C21H32O2S/c1-12(22)23-18-7-6-14-13-4-5-16-19-17(24-19)9-11-20(16,2)15(13)8-10-21(14,18)3/h13-19H,4-11H2,1-3H3/t13-,14-,15-,16-,17-,18-,19+,20+,21-/m0/s1. The lowest BCUT2D eigenvalue weighted by Gasteiger charge is -2.60. The number of ether oxygens (including phenoxy) is 1. The molecule has 24 heavy (non-hydrogen) atoms. The van der Waals surface area contributed by atoms with E-state index >= 15 is 0 Å². The van der Waals surface area contributed by atoms with Gasteiger partial charge in [-0.2, -0.15) is 11.8 Å². The molecule has 0 radical (unpaired) electrons. The molecule has 0 bridgehead atoms. The highest BCUT2D eigenvalue weighted by Crippen LogP contribution is 2.71. The Morgan fingerprint density at radius 3 is 2.42 bits per heavy atom. The molecule has 5 rings (SSSR count). The Morgan fingerprint density at radius 1 is 0.917 bits per heavy atom. The van der Waals surface area contributed by atoms with Crippen LogP contribution < -0.4 is 0 Å². The second-order valence-corrected chi connectivity index (χ2v) is 11.4. The van der Waals surface area contributed by atoms with Gasteiger partial charge in [0, 0.05) is 22.8 Å². The molecular formula is C21H32O2S. The third kappa shape index (κ3) is 2.06. The molecule has 0 aromatic heterocycles. The number of carbonyl (C=O) groups is 1. The van der Waals surface area contributed by atoms with Crippen molar-refractivity contribution in [3.8, 4) is 0 Å². The molecule has 2 nitrogen and oxygen atoms in total. The Hall–Kier alpha value is -0.180. The van der Waals surface area contributed by atoms with Crippen LogP contribution in [0.15, 0.2) is 0 Å². The van der Waals surface area contributed by atoms with Crippen molar-refractivity contribution in [3.05, 3.63) is 0 Å². The summed E-state index contributed by atoms with van der Waals surface area (Å²) < 4.78 is 5.78. The van der Waals surface area contributed by atoms with E-state index in [-0.39, 0.29) is 17.5 Å². The van der Waals surface area contributed by atoms with Gasteiger partial charge in [-0.3, -0.25) is 4.79 Å². The van der Waals surface area contributed by atoms with E-state index in [2.05, 4.69) is 25.6 Å². The lowest BCUT2D eigenvalue weighted by Crippen LogP contribution is -2.54. The molecule has 9 atom stereocenters. The lowest BCUT2D eigenvalue weighted by molar-refractivity contribution is -0.160. The molecule has 1 saturated heterocycles. The van der Waals surface area contributed by atoms with Crippen molar-refractivity contribution in [2.24, 2.45) is 34.5 Å². The first-order chi connectivity index (χ1) is 11.4. The molecule has 0 unspecified atom stereocenters. The maximum Gasteiger partial charge on any atom is 0.302 e. The fraction of sp³-hybridized carbons (Fsp3) is 0.952. The van der Waals surface area contributed by atoms with Crippen molar-refractivity contribution in [1.82, 2.24) is 0 Å². The molecule has 1 heterocycles. The Balaban J connectivity index is 1.42. The molecule has 134 valence electrons. The number of thioether (sulfide) groups is 1. The van der Waals surface area contributed by atoms with Crippen LogP contribution in [0.3, 0.4) is 0 Å². The van der Waals surface area contributed by atoms with Crippen molar-refractivity contribution >= 4 is 17.7 Å². The van der Waals surface area contributed by atoms with Crippen LogP contribution in [0.4, 0.5) is 0 Å². The maximum atomic E-state index is 11.6. The number of carbonyl (C=O) groups excluding carboxylic acids is 1. The normalized spacial score (nSPS) is 58.0. The lowest BCUT2D eigenvalue weighted by atomic mass is 9.45. The molecular weight excluding hydrogens is 316 g/mol. The summed E-state index contributed by atoms with van der Waals surface area (Å²) in [6.45, 7) is 6.68. The minimum Gasteiger partial charge on any atom is -0.462 e. The monoisotopic (exact) mass is 348 g/mol. The van der Waals surface area contributed by atoms with E-state index in [9.17, 15) is 4.79 Å². The van der Waals surface area contributed by atoms with Gasteiger partial charge in [-0.15, -0.1) is 0 Å². The number of hydrogen-bond acceptors (Lipinski definition) is 3. The fourth-order valence-electron chi connectivity index (χ4n) is 7.94. The van der Waals surface area contributed by atoms with E-state index in [1.165, 1.54) is 44.9 Å². The molecule has 0 aromatic carbocycles. The van der Waals surface area contributed by atoms with Crippen molar-refractivity contribution in [3.63, 3.8) is 0 Å². The second kappa shape index (κ2) is 5.18. The van der Waals surface area contributed by atoms with Crippen molar-refractivity contribution in [2.45, 2.75) is 88.7 Å². The average Bonchev–Trinajstić information content (AvgIpc) is 3.24. The molecule has 5 aliphatic rings. The molecule has 5 fully saturated rings. The Labute approximate surface area is 150 Å². The first-order valence-corrected chi connectivity index (χ1v) is 11.2. The highest BCUT2D eigenvalue weighted by Gasteiger charge is 2.64. The minimum atomic E-state index is -0.0799. The number of rotatable bonds is 1. The SMILES string of the molecule is CC(=O)O[C@H]1CC[C@H]2[C@@H]3CC[C@H]4[C@H]5S[C@H]5CC[C@]4(C)[C@H]3CC[C@]12C. The largest absolute Gasteiger partial charge is 0.462 e. The summed E-state index contributed by atoms with van der Waals surface area (Å²) in [4.78, 5) is 11.6. The Bertz CT molecular complexity index is 562. The van der Waals surface area contributed by atoms with Gasteiger partial charge in [0.05, 0.1) is 0 Å². The van der Waals surface area contributed by atoms with Gasteiger partial charge in [0.25, 0.3) is 0 Å². The zero-order chi connectivity index (χ0) is 16.7. The van der Waals surface area contributed by atoms with Crippen LogP contribution in [0.25, 0.3) is 0 Å². The van der Waals surface area contributed by atoms with Crippen LogP contribution in [0.2, 0.25) is 0 Å². The Morgan fingerprint density at radius 2 is 1.62 bits per heavy atom. The number of fused-ring (bicyclic) bond motifs is 7.